The summed E-state index contributed by atoms with van der Waals surface area (Å²) >= 11 is 0. The predicted octanol–water partition coefficient (Wildman–Crippen LogP) is 1.64. The Balaban J connectivity index is 2.18. The van der Waals surface area contributed by atoms with Gasteiger partial charge < -0.3 is 5.32 Å². The molecule has 98 valence electrons. The van der Waals surface area contributed by atoms with Crippen molar-refractivity contribution in [3.8, 4) is 0 Å². The molecular formula is C11H11F3N2O2. The van der Waals surface area contributed by atoms with Crippen LogP contribution in [0.2, 0.25) is 0 Å². The van der Waals surface area contributed by atoms with Crippen LogP contribution in [0.4, 0.5) is 13.3 Å². The lowest BCUT2D eigenvalue weighted by atomic mass is 9.89. The van der Waals surface area contributed by atoms with Crippen LogP contribution in [0.15, 0.2) is 18.3 Å². The molecule has 1 aliphatic rings. The second kappa shape index (κ2) is 5.34. The van der Waals surface area contributed by atoms with E-state index < -0.39 is 29.9 Å². The number of aromatic nitrogens is 1. The largest absolute Gasteiger partial charge is 0.354 e. The first kappa shape index (κ1) is 12.8. The number of pyridine rings is 1. The van der Waals surface area contributed by atoms with Gasteiger partial charge in [0.1, 0.15) is 12.0 Å². The number of nitrogens with zero attached hydrogens (tertiary/aromatic N) is 1. The SMILES string of the molecule is O=C(OF)C1CCNC(c2ccc(F)cn2)C1F. The van der Waals surface area contributed by atoms with Crippen molar-refractivity contribution >= 4 is 5.97 Å². The van der Waals surface area contributed by atoms with Crippen LogP contribution < -0.4 is 5.32 Å². The minimum Gasteiger partial charge on any atom is -0.306 e. The number of nitrogens with one attached hydrogen (secondary N) is 1. The first-order valence-corrected chi connectivity index (χ1v) is 5.45. The highest BCUT2D eigenvalue weighted by molar-refractivity contribution is 5.72. The average Bonchev–Trinajstić information content (AvgIpc) is 2.39. The van der Waals surface area contributed by atoms with Gasteiger partial charge in [-0.25, -0.2) is 13.6 Å². The van der Waals surface area contributed by atoms with Crippen LogP contribution >= 0.6 is 0 Å². The molecule has 7 heteroatoms. The molecule has 0 spiro atoms. The maximum absolute atomic E-state index is 14.1. The van der Waals surface area contributed by atoms with Crippen LogP contribution in [0.5, 0.6) is 0 Å². The minimum absolute atomic E-state index is 0.140. The number of carbonyl (C=O) groups excluding carboxylic acids is 1. The Morgan fingerprint density at radius 3 is 2.89 bits per heavy atom. The van der Waals surface area contributed by atoms with Gasteiger partial charge in [-0.3, -0.25) is 9.93 Å². The summed E-state index contributed by atoms with van der Waals surface area (Å²) in [6.07, 6.45) is -0.567. The van der Waals surface area contributed by atoms with Crippen molar-refractivity contribution < 1.29 is 23.0 Å². The van der Waals surface area contributed by atoms with Gasteiger partial charge in [0.05, 0.1) is 23.9 Å². The molecule has 3 atom stereocenters. The maximum Gasteiger partial charge on any atom is 0.354 e. The summed E-state index contributed by atoms with van der Waals surface area (Å²) in [6.45, 7) is 0.323. The van der Waals surface area contributed by atoms with Crippen molar-refractivity contribution in [2.45, 2.75) is 18.6 Å². The number of carbonyl (C=O) groups is 1. The summed E-state index contributed by atoms with van der Waals surface area (Å²) in [5.74, 6) is -2.94. The van der Waals surface area contributed by atoms with E-state index in [1.807, 2.05) is 0 Å². The molecule has 18 heavy (non-hydrogen) atoms. The van der Waals surface area contributed by atoms with E-state index in [-0.39, 0.29) is 12.1 Å². The molecule has 1 aromatic rings. The molecule has 0 bridgehead atoms. The van der Waals surface area contributed by atoms with E-state index >= 15 is 0 Å². The zero-order chi connectivity index (χ0) is 13.1. The van der Waals surface area contributed by atoms with Gasteiger partial charge in [0.2, 0.25) is 0 Å². The Bertz CT molecular complexity index is 427. The second-order valence-corrected chi connectivity index (χ2v) is 4.07. The van der Waals surface area contributed by atoms with Crippen molar-refractivity contribution in [1.82, 2.24) is 10.3 Å². The minimum atomic E-state index is -1.67. The fourth-order valence-corrected chi connectivity index (χ4v) is 2.04. The summed E-state index contributed by atoms with van der Waals surface area (Å²) in [4.78, 5) is 17.9. The van der Waals surface area contributed by atoms with Crippen molar-refractivity contribution in [2.24, 2.45) is 5.92 Å². The van der Waals surface area contributed by atoms with Crippen LogP contribution in [0.1, 0.15) is 18.2 Å². The van der Waals surface area contributed by atoms with E-state index in [2.05, 4.69) is 15.2 Å². The molecule has 1 aliphatic heterocycles. The van der Waals surface area contributed by atoms with E-state index in [1.54, 1.807) is 0 Å². The summed E-state index contributed by atoms with van der Waals surface area (Å²) in [5, 5.41) is 2.82. The molecular weight excluding hydrogens is 249 g/mol. The molecule has 1 aromatic heterocycles. The van der Waals surface area contributed by atoms with Crippen LogP contribution in [-0.2, 0) is 9.74 Å². The van der Waals surface area contributed by atoms with Crippen LogP contribution in [0.3, 0.4) is 0 Å². The number of hydrogen-bond acceptors (Lipinski definition) is 4. The smallest absolute Gasteiger partial charge is 0.306 e. The third-order valence-electron chi connectivity index (χ3n) is 2.97. The number of piperidine rings is 1. The Morgan fingerprint density at radius 1 is 1.50 bits per heavy atom. The van der Waals surface area contributed by atoms with Gasteiger partial charge in [-0.1, -0.05) is 0 Å². The quantitative estimate of drug-likeness (QED) is 0.878. The van der Waals surface area contributed by atoms with Crippen molar-refractivity contribution in [3.63, 3.8) is 0 Å². The maximum atomic E-state index is 14.1. The summed E-state index contributed by atoms with van der Waals surface area (Å²) < 4.78 is 38.6. The normalized spacial score (nSPS) is 27.8. The first-order chi connectivity index (χ1) is 8.63. The molecule has 0 saturated carbocycles. The Kier molecular flexibility index (Phi) is 3.81. The standard InChI is InChI=1S/C11H11F3N2O2/c12-6-1-2-8(16-5-6)10-9(13)7(3-4-15-10)11(17)18-14/h1-2,5,7,9-10,15H,3-4H2. The predicted molar refractivity (Wildman–Crippen MR) is 55.1 cm³/mol. The van der Waals surface area contributed by atoms with Gasteiger partial charge in [-0.05, 0) is 25.1 Å². The number of hydrogen-bond donors (Lipinski definition) is 1. The molecule has 2 rings (SSSR count). The lowest BCUT2D eigenvalue weighted by molar-refractivity contribution is -0.193. The molecule has 3 unspecified atom stereocenters. The van der Waals surface area contributed by atoms with E-state index in [9.17, 15) is 18.1 Å². The van der Waals surface area contributed by atoms with Crippen molar-refractivity contribution in [1.29, 1.82) is 0 Å². The summed E-state index contributed by atoms with van der Waals surface area (Å²) in [7, 11) is 0. The summed E-state index contributed by atoms with van der Waals surface area (Å²) in [5.41, 5.74) is 0.264. The van der Waals surface area contributed by atoms with Gasteiger partial charge in [0.25, 0.3) is 0 Å². The van der Waals surface area contributed by atoms with Gasteiger partial charge in [-0.2, -0.15) is 0 Å². The lowest BCUT2D eigenvalue weighted by Gasteiger charge is -2.31. The molecule has 4 nitrogen and oxygen atoms in total. The molecule has 0 aliphatic carbocycles. The zero-order valence-electron chi connectivity index (χ0n) is 9.28. The molecule has 0 radical (unpaired) electrons. The fraction of sp³-hybridized carbons (Fsp3) is 0.455. The molecule has 0 aromatic carbocycles. The lowest BCUT2D eigenvalue weighted by Crippen LogP contribution is -2.44. The van der Waals surface area contributed by atoms with E-state index in [0.29, 0.717) is 6.54 Å². The van der Waals surface area contributed by atoms with Crippen LogP contribution in [-0.4, -0.2) is 23.7 Å². The number of alkyl halides is 1. The number of halogens is 3. The highest BCUT2D eigenvalue weighted by Gasteiger charge is 2.40. The van der Waals surface area contributed by atoms with Gasteiger partial charge in [0.15, 0.2) is 0 Å². The number of rotatable bonds is 2. The van der Waals surface area contributed by atoms with Crippen LogP contribution in [0.25, 0.3) is 0 Å². The highest BCUT2D eigenvalue weighted by Crippen LogP contribution is 2.30. The highest BCUT2D eigenvalue weighted by atomic mass is 19.3. The average molecular weight is 260 g/mol. The van der Waals surface area contributed by atoms with E-state index in [0.717, 1.165) is 12.3 Å². The Labute approximate surface area is 101 Å². The van der Waals surface area contributed by atoms with Gasteiger partial charge in [0, 0.05) is 4.53 Å². The zero-order valence-corrected chi connectivity index (χ0v) is 9.28. The first-order valence-electron chi connectivity index (χ1n) is 5.45. The van der Waals surface area contributed by atoms with Gasteiger partial charge in [-0.15, -0.1) is 0 Å². The molecule has 1 N–H and O–H groups in total. The molecule has 2 heterocycles. The Hall–Kier alpha value is -1.63. The Morgan fingerprint density at radius 2 is 2.28 bits per heavy atom. The van der Waals surface area contributed by atoms with Crippen molar-refractivity contribution in [2.75, 3.05) is 6.54 Å². The molecule has 1 fully saturated rings. The fourth-order valence-electron chi connectivity index (χ4n) is 2.04. The van der Waals surface area contributed by atoms with E-state index in [4.69, 9.17) is 0 Å². The van der Waals surface area contributed by atoms with Crippen molar-refractivity contribution in [3.05, 3.63) is 29.8 Å². The monoisotopic (exact) mass is 260 g/mol. The van der Waals surface area contributed by atoms with Gasteiger partial charge >= 0.3 is 5.97 Å². The molecule has 1 saturated heterocycles. The third kappa shape index (κ3) is 2.45. The molecule has 0 amide bonds. The van der Waals surface area contributed by atoms with Crippen LogP contribution in [0, 0.1) is 11.7 Å². The van der Waals surface area contributed by atoms with E-state index in [1.165, 1.54) is 6.07 Å². The second-order valence-electron chi connectivity index (χ2n) is 4.07. The topological polar surface area (TPSA) is 51.2 Å². The summed E-state index contributed by atoms with van der Waals surface area (Å²) in [6, 6.07) is 1.60. The third-order valence-corrected chi connectivity index (χ3v) is 2.97.